The van der Waals surface area contributed by atoms with Gasteiger partial charge in [0.2, 0.25) is 5.91 Å². The molecule has 7 heteroatoms. The summed E-state index contributed by atoms with van der Waals surface area (Å²) in [6.45, 7) is 6.55. The molecule has 2 aliphatic heterocycles. The molecule has 122 valence electrons. The monoisotopic (exact) mass is 348 g/mol. The highest BCUT2D eigenvalue weighted by Gasteiger charge is 2.53. The lowest BCUT2D eigenvalue weighted by molar-refractivity contribution is -0.167. The van der Waals surface area contributed by atoms with Gasteiger partial charge in [0.05, 0.1) is 22.5 Å². The van der Waals surface area contributed by atoms with E-state index >= 15 is 0 Å². The summed E-state index contributed by atoms with van der Waals surface area (Å²) in [7, 11) is 0. The minimum atomic E-state index is -0.136. The number of thiazole rings is 2. The number of hydrogen-bond donors (Lipinski definition) is 0. The molecule has 0 radical (unpaired) electrons. The number of likely N-dealkylation sites (tertiary alicyclic amines) is 2. The molecule has 2 saturated heterocycles. The van der Waals surface area contributed by atoms with Crippen molar-refractivity contribution in [2.45, 2.75) is 32.9 Å². The number of aryl methyl sites for hydroxylation is 1. The number of amides is 1. The van der Waals surface area contributed by atoms with Gasteiger partial charge in [0.25, 0.3) is 0 Å². The van der Waals surface area contributed by atoms with Crippen molar-refractivity contribution in [3.05, 3.63) is 32.7 Å². The maximum Gasteiger partial charge on any atom is 0.232 e. The number of carbonyl (C=O) groups excluding carboxylic acids is 1. The highest BCUT2D eigenvalue weighted by Crippen LogP contribution is 2.41. The van der Waals surface area contributed by atoms with E-state index in [-0.39, 0.29) is 5.41 Å². The number of β-lactam (4-membered cyclic amide) rings is 1. The van der Waals surface area contributed by atoms with Crippen LogP contribution in [0, 0.1) is 12.3 Å². The first kappa shape index (κ1) is 15.2. The maximum absolute atomic E-state index is 12.7. The van der Waals surface area contributed by atoms with Crippen LogP contribution >= 0.6 is 22.7 Å². The van der Waals surface area contributed by atoms with Crippen LogP contribution in [-0.2, 0) is 17.9 Å². The van der Waals surface area contributed by atoms with Crippen molar-refractivity contribution in [1.82, 2.24) is 19.8 Å². The molecule has 0 aliphatic carbocycles. The van der Waals surface area contributed by atoms with E-state index in [1.807, 2.05) is 29.7 Å². The molecular weight excluding hydrogens is 328 g/mol. The third kappa shape index (κ3) is 2.93. The first-order valence-corrected chi connectivity index (χ1v) is 9.65. The van der Waals surface area contributed by atoms with Crippen LogP contribution in [0.1, 0.15) is 27.6 Å². The molecule has 2 fully saturated rings. The smallest absolute Gasteiger partial charge is 0.232 e. The highest BCUT2D eigenvalue weighted by molar-refractivity contribution is 7.11. The molecule has 4 heterocycles. The summed E-state index contributed by atoms with van der Waals surface area (Å²) in [5.41, 5.74) is 1.69. The van der Waals surface area contributed by atoms with Crippen molar-refractivity contribution >= 4 is 28.6 Å². The number of hydrogen-bond acceptors (Lipinski definition) is 6. The molecule has 2 aromatic heterocycles. The van der Waals surface area contributed by atoms with Crippen molar-refractivity contribution in [2.24, 2.45) is 5.41 Å². The lowest BCUT2D eigenvalue weighted by Crippen LogP contribution is -2.66. The zero-order valence-electron chi connectivity index (χ0n) is 13.2. The highest BCUT2D eigenvalue weighted by atomic mass is 32.1. The van der Waals surface area contributed by atoms with Crippen molar-refractivity contribution in [2.75, 3.05) is 19.6 Å². The fraction of sp³-hybridized carbons (Fsp3) is 0.562. The zero-order chi connectivity index (χ0) is 15.9. The lowest BCUT2D eigenvalue weighted by atomic mass is 9.72. The van der Waals surface area contributed by atoms with E-state index in [0.29, 0.717) is 5.91 Å². The van der Waals surface area contributed by atoms with Crippen LogP contribution in [-0.4, -0.2) is 45.3 Å². The molecule has 2 aromatic rings. The second-order valence-corrected chi connectivity index (χ2v) is 8.86. The standard InChI is InChI=1S/C16H20N4OS2/c1-12-18-6-14(23-12)7-19-4-2-3-16(9-19)10-20(15(16)21)8-13-5-17-11-22-13/h5-6,11H,2-4,7-10H2,1H3/t16-/m1/s1. The molecule has 0 bridgehead atoms. The van der Waals surface area contributed by atoms with E-state index in [1.165, 1.54) is 9.75 Å². The third-order valence-electron chi connectivity index (χ3n) is 4.77. The van der Waals surface area contributed by atoms with Gasteiger partial charge in [0.15, 0.2) is 0 Å². The predicted molar refractivity (Wildman–Crippen MR) is 91.3 cm³/mol. The van der Waals surface area contributed by atoms with Crippen LogP contribution < -0.4 is 0 Å². The Kier molecular flexibility index (Phi) is 3.95. The number of carbonyl (C=O) groups is 1. The normalized spacial score (nSPS) is 25.1. The summed E-state index contributed by atoms with van der Waals surface area (Å²) in [6.07, 6.45) is 5.98. The van der Waals surface area contributed by atoms with Gasteiger partial charge in [-0.1, -0.05) is 0 Å². The molecule has 5 nitrogen and oxygen atoms in total. The van der Waals surface area contributed by atoms with Gasteiger partial charge in [-0.05, 0) is 26.3 Å². The van der Waals surface area contributed by atoms with Gasteiger partial charge in [-0.3, -0.25) is 14.7 Å². The van der Waals surface area contributed by atoms with Gasteiger partial charge >= 0.3 is 0 Å². The number of nitrogens with zero attached hydrogens (tertiary/aromatic N) is 4. The SMILES string of the molecule is Cc1ncc(CN2CCC[C@@]3(C2)CN(Cc2cncs2)C3=O)s1. The molecule has 0 aromatic carbocycles. The van der Waals surface area contributed by atoms with Crippen LogP contribution in [0.2, 0.25) is 0 Å². The Labute approximate surface area is 144 Å². The summed E-state index contributed by atoms with van der Waals surface area (Å²) in [5, 5.41) is 1.11. The van der Waals surface area contributed by atoms with Crippen LogP contribution in [0.3, 0.4) is 0 Å². The fourth-order valence-electron chi connectivity index (χ4n) is 3.75. The fourth-order valence-corrected chi connectivity index (χ4v) is 5.20. The van der Waals surface area contributed by atoms with Gasteiger partial charge in [0, 0.05) is 41.8 Å². The number of piperidine rings is 1. The Balaban J connectivity index is 1.38. The number of rotatable bonds is 4. The average Bonchev–Trinajstić information content (AvgIpc) is 3.19. The van der Waals surface area contributed by atoms with E-state index in [4.69, 9.17) is 0 Å². The van der Waals surface area contributed by atoms with Crippen LogP contribution in [0.25, 0.3) is 0 Å². The molecule has 1 atom stereocenters. The van der Waals surface area contributed by atoms with Crippen LogP contribution in [0.5, 0.6) is 0 Å². The van der Waals surface area contributed by atoms with Crippen molar-refractivity contribution in [3.8, 4) is 0 Å². The lowest BCUT2D eigenvalue weighted by Gasteiger charge is -2.53. The summed E-state index contributed by atoms with van der Waals surface area (Å²) < 4.78 is 0. The molecule has 1 amide bonds. The molecule has 23 heavy (non-hydrogen) atoms. The topological polar surface area (TPSA) is 49.3 Å². The summed E-state index contributed by atoms with van der Waals surface area (Å²) in [6, 6.07) is 0. The summed E-state index contributed by atoms with van der Waals surface area (Å²) in [5.74, 6) is 0.330. The summed E-state index contributed by atoms with van der Waals surface area (Å²) >= 11 is 3.38. The van der Waals surface area contributed by atoms with Crippen molar-refractivity contribution < 1.29 is 4.79 Å². The molecule has 0 saturated carbocycles. The van der Waals surface area contributed by atoms with Gasteiger partial charge in [-0.15, -0.1) is 22.7 Å². The molecule has 1 spiro atoms. The quantitative estimate of drug-likeness (QED) is 0.797. The van der Waals surface area contributed by atoms with Gasteiger partial charge in [-0.2, -0.15) is 0 Å². The van der Waals surface area contributed by atoms with E-state index in [9.17, 15) is 4.79 Å². The molecule has 0 N–H and O–H groups in total. The zero-order valence-corrected chi connectivity index (χ0v) is 14.8. The predicted octanol–water partition coefficient (Wildman–Crippen LogP) is 2.53. The second kappa shape index (κ2) is 5.96. The molecule has 2 aliphatic rings. The van der Waals surface area contributed by atoms with E-state index in [1.54, 1.807) is 22.7 Å². The number of aromatic nitrogens is 2. The van der Waals surface area contributed by atoms with Crippen molar-refractivity contribution in [1.29, 1.82) is 0 Å². The largest absolute Gasteiger partial charge is 0.336 e. The van der Waals surface area contributed by atoms with Gasteiger partial charge in [0.1, 0.15) is 0 Å². The molecule has 0 unspecified atom stereocenters. The van der Waals surface area contributed by atoms with Gasteiger partial charge < -0.3 is 4.90 Å². The third-order valence-corrected chi connectivity index (χ3v) is 6.43. The minimum Gasteiger partial charge on any atom is -0.336 e. The minimum absolute atomic E-state index is 0.136. The average molecular weight is 348 g/mol. The van der Waals surface area contributed by atoms with E-state index in [2.05, 4.69) is 14.9 Å². The van der Waals surface area contributed by atoms with E-state index < -0.39 is 0 Å². The van der Waals surface area contributed by atoms with Crippen LogP contribution in [0.4, 0.5) is 0 Å². The van der Waals surface area contributed by atoms with Crippen molar-refractivity contribution in [3.63, 3.8) is 0 Å². The molecular formula is C16H20N4OS2. The van der Waals surface area contributed by atoms with Crippen LogP contribution in [0.15, 0.2) is 17.9 Å². The maximum atomic E-state index is 12.7. The van der Waals surface area contributed by atoms with E-state index in [0.717, 1.165) is 50.6 Å². The Bertz CT molecular complexity index is 699. The Morgan fingerprint density at radius 3 is 2.87 bits per heavy atom. The first-order chi connectivity index (χ1) is 11.1. The Morgan fingerprint density at radius 2 is 2.17 bits per heavy atom. The second-order valence-electron chi connectivity index (χ2n) is 6.57. The Morgan fingerprint density at radius 1 is 1.26 bits per heavy atom. The summed E-state index contributed by atoms with van der Waals surface area (Å²) in [4.78, 5) is 28.0. The molecule has 4 rings (SSSR count). The Hall–Kier alpha value is -1.31. The van der Waals surface area contributed by atoms with Gasteiger partial charge in [-0.25, -0.2) is 4.98 Å². The first-order valence-electron chi connectivity index (χ1n) is 7.95.